The molecule has 2 aromatic rings. The standard InChI is InChI=1S/C27H28F3N3O4/c1-16-5-3-4-6-20(16)21-12-11-19(13-22(21)27(28,29)30)24-32-23(33-37-24)18-9-7-17(8-10-18)14-31-26(2,15-34)25(35)36/h4,6-12,19,31,34H,3,5,13-15H2,1-2H3,(H,35,36). The second kappa shape index (κ2) is 10.5. The van der Waals surface area contributed by atoms with E-state index in [1.54, 1.807) is 36.4 Å². The fourth-order valence-electron chi connectivity index (χ4n) is 4.27. The Balaban J connectivity index is 1.50. The molecule has 7 nitrogen and oxygen atoms in total. The molecule has 0 aliphatic heterocycles. The second-order valence-corrected chi connectivity index (χ2v) is 9.50. The Hall–Kier alpha value is -3.50. The summed E-state index contributed by atoms with van der Waals surface area (Å²) in [5.41, 5.74) is 1.04. The minimum atomic E-state index is -4.49. The van der Waals surface area contributed by atoms with Gasteiger partial charge in [-0.15, -0.1) is 0 Å². The number of carboxylic acids is 1. The fraction of sp³-hybridized carbons (Fsp3) is 0.370. The van der Waals surface area contributed by atoms with Crippen molar-refractivity contribution in [3.63, 3.8) is 0 Å². The van der Waals surface area contributed by atoms with Gasteiger partial charge >= 0.3 is 12.1 Å². The third-order valence-corrected chi connectivity index (χ3v) is 6.75. The predicted molar refractivity (Wildman–Crippen MR) is 130 cm³/mol. The van der Waals surface area contributed by atoms with Crippen LogP contribution < -0.4 is 5.32 Å². The van der Waals surface area contributed by atoms with Gasteiger partial charge in [0.05, 0.1) is 12.5 Å². The topological polar surface area (TPSA) is 108 Å². The summed E-state index contributed by atoms with van der Waals surface area (Å²) in [6.45, 7) is 2.88. The number of hydrogen-bond donors (Lipinski definition) is 3. The summed E-state index contributed by atoms with van der Waals surface area (Å²) in [6.07, 6.45) is 3.62. The molecule has 10 heteroatoms. The molecule has 4 rings (SSSR count). The van der Waals surface area contributed by atoms with Crippen LogP contribution in [0.3, 0.4) is 0 Å². The molecular formula is C27H28F3N3O4. The average Bonchev–Trinajstić information content (AvgIpc) is 3.37. The van der Waals surface area contributed by atoms with Crippen LogP contribution >= 0.6 is 0 Å². The van der Waals surface area contributed by atoms with Crippen LogP contribution in [0.2, 0.25) is 0 Å². The number of carbonyl (C=O) groups is 1. The number of nitrogens with one attached hydrogen (secondary N) is 1. The van der Waals surface area contributed by atoms with Crippen molar-refractivity contribution in [3.8, 4) is 11.4 Å². The van der Waals surface area contributed by atoms with Gasteiger partial charge in [0.15, 0.2) is 0 Å². The molecule has 1 aromatic carbocycles. The van der Waals surface area contributed by atoms with Gasteiger partial charge in [-0.3, -0.25) is 10.1 Å². The smallest absolute Gasteiger partial charge is 0.413 e. The molecule has 0 spiro atoms. The number of aliphatic carboxylic acids is 1. The first-order chi connectivity index (χ1) is 17.5. The number of carboxylic acid groups (broad SMARTS) is 1. The molecule has 0 amide bonds. The van der Waals surface area contributed by atoms with Gasteiger partial charge in [0.25, 0.3) is 0 Å². The first kappa shape index (κ1) is 26.6. The molecule has 2 atom stereocenters. The zero-order chi connectivity index (χ0) is 26.8. The Bertz CT molecular complexity index is 1290. The number of halogens is 3. The molecule has 3 N–H and O–H groups in total. The van der Waals surface area contributed by atoms with Crippen LogP contribution in [0.1, 0.15) is 50.5 Å². The maximum Gasteiger partial charge on any atom is 0.413 e. The second-order valence-electron chi connectivity index (χ2n) is 9.50. The van der Waals surface area contributed by atoms with Crippen LogP contribution in [0.15, 0.2) is 75.4 Å². The lowest BCUT2D eigenvalue weighted by molar-refractivity contribution is -0.145. The van der Waals surface area contributed by atoms with E-state index < -0.39 is 35.8 Å². The van der Waals surface area contributed by atoms with Crippen LogP contribution in [0, 0.1) is 0 Å². The summed E-state index contributed by atoms with van der Waals surface area (Å²) in [4.78, 5) is 15.7. The molecule has 2 unspecified atom stereocenters. The lowest BCUT2D eigenvalue weighted by Crippen LogP contribution is -2.52. The Kier molecular flexibility index (Phi) is 7.52. The molecule has 2 aliphatic carbocycles. The van der Waals surface area contributed by atoms with E-state index in [1.165, 1.54) is 13.0 Å². The highest BCUT2D eigenvalue weighted by molar-refractivity contribution is 5.78. The Morgan fingerprint density at radius 3 is 2.54 bits per heavy atom. The molecule has 0 saturated carbocycles. The van der Waals surface area contributed by atoms with E-state index in [9.17, 15) is 28.2 Å². The summed E-state index contributed by atoms with van der Waals surface area (Å²) >= 11 is 0. The third-order valence-electron chi connectivity index (χ3n) is 6.75. The highest BCUT2D eigenvalue weighted by Crippen LogP contribution is 2.43. The van der Waals surface area contributed by atoms with E-state index in [0.717, 1.165) is 24.0 Å². The van der Waals surface area contributed by atoms with E-state index in [0.29, 0.717) is 11.1 Å². The maximum atomic E-state index is 14.0. The van der Waals surface area contributed by atoms with Crippen LogP contribution in [-0.4, -0.2) is 44.6 Å². The average molecular weight is 516 g/mol. The van der Waals surface area contributed by atoms with Crippen LogP contribution in [0.5, 0.6) is 0 Å². The fourth-order valence-corrected chi connectivity index (χ4v) is 4.27. The normalized spacial score (nSPS) is 19.9. The zero-order valence-electron chi connectivity index (χ0n) is 20.5. The van der Waals surface area contributed by atoms with Gasteiger partial charge in [-0.25, -0.2) is 0 Å². The first-order valence-corrected chi connectivity index (χ1v) is 11.9. The van der Waals surface area contributed by atoms with E-state index >= 15 is 0 Å². The summed E-state index contributed by atoms with van der Waals surface area (Å²) in [7, 11) is 0. The summed E-state index contributed by atoms with van der Waals surface area (Å²) in [6, 6.07) is 6.90. The number of aliphatic hydroxyl groups excluding tert-OH is 1. The van der Waals surface area contributed by atoms with Gasteiger partial charge in [-0.05, 0) is 49.8 Å². The van der Waals surface area contributed by atoms with Crippen molar-refractivity contribution in [1.82, 2.24) is 15.5 Å². The molecular weight excluding hydrogens is 487 g/mol. The molecule has 0 radical (unpaired) electrons. The van der Waals surface area contributed by atoms with Gasteiger partial charge in [0.1, 0.15) is 5.54 Å². The Morgan fingerprint density at radius 1 is 1.19 bits per heavy atom. The minimum Gasteiger partial charge on any atom is -0.480 e. The molecule has 0 bridgehead atoms. The van der Waals surface area contributed by atoms with Gasteiger partial charge < -0.3 is 14.7 Å². The summed E-state index contributed by atoms with van der Waals surface area (Å²) in [5.74, 6) is -1.53. The van der Waals surface area contributed by atoms with Gasteiger partial charge in [-0.2, -0.15) is 18.2 Å². The van der Waals surface area contributed by atoms with Crippen molar-refractivity contribution in [2.24, 2.45) is 0 Å². The van der Waals surface area contributed by atoms with E-state index in [1.807, 2.05) is 13.0 Å². The van der Waals surface area contributed by atoms with E-state index in [2.05, 4.69) is 15.5 Å². The van der Waals surface area contributed by atoms with Crippen molar-refractivity contribution < 1.29 is 32.7 Å². The molecule has 0 fully saturated rings. The highest BCUT2D eigenvalue weighted by atomic mass is 19.4. The van der Waals surface area contributed by atoms with Crippen molar-refractivity contribution in [2.45, 2.75) is 57.3 Å². The van der Waals surface area contributed by atoms with Crippen molar-refractivity contribution >= 4 is 5.97 Å². The number of benzene rings is 1. The molecule has 1 heterocycles. The summed E-state index contributed by atoms with van der Waals surface area (Å²) in [5, 5.41) is 25.3. The SMILES string of the molecule is CC1=C(C2=C(C(F)(F)F)CC(c3nc(-c4ccc(CNC(C)(CO)C(=O)O)cc4)no3)C=C2)C=CCC1. The quantitative estimate of drug-likeness (QED) is 0.442. The first-order valence-electron chi connectivity index (χ1n) is 11.9. The number of hydrogen-bond acceptors (Lipinski definition) is 6. The van der Waals surface area contributed by atoms with Crippen molar-refractivity contribution in [3.05, 3.63) is 82.3 Å². The molecule has 196 valence electrons. The molecule has 0 saturated heterocycles. The lowest BCUT2D eigenvalue weighted by Gasteiger charge is -2.25. The zero-order valence-corrected chi connectivity index (χ0v) is 20.5. The third kappa shape index (κ3) is 5.75. The van der Waals surface area contributed by atoms with Gasteiger partial charge in [0.2, 0.25) is 11.7 Å². The number of alkyl halides is 3. The maximum absolute atomic E-state index is 14.0. The summed E-state index contributed by atoms with van der Waals surface area (Å²) < 4.78 is 47.4. The van der Waals surface area contributed by atoms with E-state index in [4.69, 9.17) is 4.52 Å². The van der Waals surface area contributed by atoms with Crippen LogP contribution in [-0.2, 0) is 11.3 Å². The Labute approximate surface area is 212 Å². The Morgan fingerprint density at radius 2 is 1.92 bits per heavy atom. The van der Waals surface area contributed by atoms with Gasteiger partial charge in [0, 0.05) is 17.7 Å². The molecule has 1 aromatic heterocycles. The number of aromatic nitrogens is 2. The largest absolute Gasteiger partial charge is 0.480 e. The minimum absolute atomic E-state index is 0.0999. The number of allylic oxidation sites excluding steroid dienone is 8. The molecule has 37 heavy (non-hydrogen) atoms. The van der Waals surface area contributed by atoms with Crippen molar-refractivity contribution in [2.75, 3.05) is 6.61 Å². The number of aliphatic hydroxyl groups is 1. The number of nitrogens with zero attached hydrogens (tertiary/aromatic N) is 2. The van der Waals surface area contributed by atoms with E-state index in [-0.39, 0.29) is 30.3 Å². The monoisotopic (exact) mass is 515 g/mol. The van der Waals surface area contributed by atoms with Crippen molar-refractivity contribution in [1.29, 1.82) is 0 Å². The van der Waals surface area contributed by atoms with Crippen LogP contribution in [0.4, 0.5) is 13.2 Å². The van der Waals surface area contributed by atoms with Gasteiger partial charge in [-0.1, -0.05) is 59.3 Å². The predicted octanol–water partition coefficient (Wildman–Crippen LogP) is 5.23. The number of rotatable bonds is 8. The van der Waals surface area contributed by atoms with Crippen LogP contribution in [0.25, 0.3) is 11.4 Å². The molecule has 2 aliphatic rings. The lowest BCUT2D eigenvalue weighted by atomic mass is 9.82. The highest BCUT2D eigenvalue weighted by Gasteiger charge is 2.40.